The average molecular weight is 270 g/mol. The van der Waals surface area contributed by atoms with E-state index in [1.807, 2.05) is 0 Å². The number of hydrogen-bond acceptors (Lipinski definition) is 5. The maximum absolute atomic E-state index is 11.9. The second-order valence-corrected chi connectivity index (χ2v) is 4.03. The van der Waals surface area contributed by atoms with E-state index in [9.17, 15) is 18.0 Å². The highest BCUT2D eigenvalue weighted by Gasteiger charge is 2.26. The lowest BCUT2D eigenvalue weighted by molar-refractivity contribution is -0.136. The fourth-order valence-electron chi connectivity index (χ4n) is 0.996. The molecule has 0 spiro atoms. The number of carboxylic acids is 1. The number of hydrogen-bond donors (Lipinski definition) is 1. The van der Waals surface area contributed by atoms with Crippen molar-refractivity contribution in [2.45, 2.75) is 30.7 Å². The number of tetrazole rings is 1. The van der Waals surface area contributed by atoms with Crippen molar-refractivity contribution in [3.8, 4) is 0 Å². The van der Waals surface area contributed by atoms with E-state index in [1.54, 1.807) is 0 Å². The summed E-state index contributed by atoms with van der Waals surface area (Å²) in [5, 5.41) is 18.9. The van der Waals surface area contributed by atoms with Crippen molar-refractivity contribution in [2.24, 2.45) is 0 Å². The van der Waals surface area contributed by atoms with E-state index in [-0.39, 0.29) is 23.9 Å². The summed E-state index contributed by atoms with van der Waals surface area (Å²) >= 11 is 0.866. The molecule has 0 saturated heterocycles. The van der Waals surface area contributed by atoms with Gasteiger partial charge in [-0.05, 0) is 16.8 Å². The molecule has 10 heteroatoms. The Morgan fingerprint density at radius 1 is 1.47 bits per heavy atom. The predicted octanol–water partition coefficient (Wildman–Crippen LogP) is 1.19. The third-order valence-electron chi connectivity index (χ3n) is 1.65. The molecule has 96 valence electrons. The molecule has 0 aromatic carbocycles. The van der Waals surface area contributed by atoms with Gasteiger partial charge in [-0.1, -0.05) is 11.8 Å². The smallest absolute Gasteiger partial charge is 0.389 e. The van der Waals surface area contributed by atoms with Gasteiger partial charge in [-0.3, -0.25) is 4.79 Å². The first-order valence-corrected chi connectivity index (χ1v) is 5.54. The van der Waals surface area contributed by atoms with E-state index in [0.29, 0.717) is 0 Å². The molecule has 6 nitrogen and oxygen atoms in total. The monoisotopic (exact) mass is 270 g/mol. The van der Waals surface area contributed by atoms with Gasteiger partial charge in [0.25, 0.3) is 0 Å². The number of aryl methyl sites for hydroxylation is 1. The normalized spacial score (nSPS) is 11.7. The summed E-state index contributed by atoms with van der Waals surface area (Å²) in [6, 6.07) is 0. The molecule has 0 atom stereocenters. The number of nitrogens with zero attached hydrogens (tertiary/aromatic N) is 4. The minimum Gasteiger partial charge on any atom is -0.481 e. The number of rotatable bonds is 6. The summed E-state index contributed by atoms with van der Waals surface area (Å²) in [6.07, 6.45) is -5.27. The van der Waals surface area contributed by atoms with E-state index in [4.69, 9.17) is 5.11 Å². The number of carboxylic acid groups (broad SMARTS) is 1. The number of carbonyl (C=O) groups is 1. The molecule has 0 fully saturated rings. The van der Waals surface area contributed by atoms with Crippen LogP contribution in [0.2, 0.25) is 0 Å². The average Bonchev–Trinajstić information content (AvgIpc) is 2.60. The highest BCUT2D eigenvalue weighted by Crippen LogP contribution is 2.22. The molecule has 17 heavy (non-hydrogen) atoms. The van der Waals surface area contributed by atoms with Crippen molar-refractivity contribution >= 4 is 17.7 Å². The Kier molecular flexibility index (Phi) is 4.73. The van der Waals surface area contributed by atoms with Crippen molar-refractivity contribution in [3.63, 3.8) is 0 Å². The molecule has 0 aliphatic rings. The molecule has 0 aliphatic heterocycles. The van der Waals surface area contributed by atoms with E-state index < -0.39 is 18.6 Å². The van der Waals surface area contributed by atoms with Gasteiger partial charge in [0.2, 0.25) is 5.16 Å². The summed E-state index contributed by atoms with van der Waals surface area (Å²) in [7, 11) is 0. The minimum atomic E-state index is -4.21. The Hall–Kier alpha value is -1.32. The number of alkyl halides is 3. The van der Waals surface area contributed by atoms with Crippen molar-refractivity contribution in [1.29, 1.82) is 0 Å². The first kappa shape index (κ1) is 13.7. The Morgan fingerprint density at radius 3 is 2.76 bits per heavy atom. The van der Waals surface area contributed by atoms with Gasteiger partial charge >= 0.3 is 12.1 Å². The van der Waals surface area contributed by atoms with Crippen LogP contribution in [0.5, 0.6) is 0 Å². The van der Waals surface area contributed by atoms with Crippen LogP contribution < -0.4 is 0 Å². The van der Waals surface area contributed by atoms with Gasteiger partial charge in [-0.2, -0.15) is 13.2 Å². The van der Waals surface area contributed by atoms with Gasteiger partial charge in [-0.25, -0.2) is 4.68 Å². The van der Waals surface area contributed by atoms with Gasteiger partial charge in [0.05, 0.1) is 5.75 Å². The Balaban J connectivity index is 2.43. The van der Waals surface area contributed by atoms with Crippen molar-refractivity contribution in [2.75, 3.05) is 5.75 Å². The summed E-state index contributed by atoms with van der Waals surface area (Å²) in [5.74, 6) is -1.28. The molecule has 0 bridgehead atoms. The van der Waals surface area contributed by atoms with E-state index in [0.717, 1.165) is 11.8 Å². The van der Waals surface area contributed by atoms with E-state index >= 15 is 0 Å². The topological polar surface area (TPSA) is 80.9 Å². The lowest BCUT2D eigenvalue weighted by Crippen LogP contribution is -2.11. The SMILES string of the molecule is O=C(O)CSc1nnnn1CCCC(F)(F)F. The molecule has 1 heterocycles. The summed E-state index contributed by atoms with van der Waals surface area (Å²) in [6.45, 7) is 0.00840. The molecular weight excluding hydrogens is 261 g/mol. The van der Waals surface area contributed by atoms with E-state index in [2.05, 4.69) is 15.5 Å². The molecule has 0 unspecified atom stereocenters. The van der Waals surface area contributed by atoms with Crippen LogP contribution in [0.15, 0.2) is 5.16 Å². The van der Waals surface area contributed by atoms with Crippen LogP contribution in [-0.2, 0) is 11.3 Å². The fourth-order valence-corrected chi connectivity index (χ4v) is 1.62. The quantitative estimate of drug-likeness (QED) is 0.782. The molecule has 1 rings (SSSR count). The zero-order chi connectivity index (χ0) is 12.9. The molecule has 0 amide bonds. The van der Waals surface area contributed by atoms with Gasteiger partial charge in [-0.15, -0.1) is 5.10 Å². The largest absolute Gasteiger partial charge is 0.481 e. The van der Waals surface area contributed by atoms with Crippen LogP contribution in [-0.4, -0.2) is 43.2 Å². The van der Waals surface area contributed by atoms with Crippen LogP contribution in [0, 0.1) is 0 Å². The third-order valence-corrected chi connectivity index (χ3v) is 2.60. The first-order chi connectivity index (χ1) is 7.88. The number of aliphatic carboxylic acids is 1. The highest BCUT2D eigenvalue weighted by molar-refractivity contribution is 7.99. The molecule has 0 saturated carbocycles. The summed E-state index contributed by atoms with van der Waals surface area (Å²) in [4.78, 5) is 10.3. The second kappa shape index (κ2) is 5.84. The fraction of sp³-hybridized carbons (Fsp3) is 0.714. The zero-order valence-corrected chi connectivity index (χ0v) is 9.33. The molecule has 1 aromatic rings. The number of aromatic nitrogens is 4. The molecule has 1 aromatic heterocycles. The van der Waals surface area contributed by atoms with Crippen LogP contribution in [0.25, 0.3) is 0 Å². The minimum absolute atomic E-state index is 0.00840. The summed E-state index contributed by atoms with van der Waals surface area (Å²) < 4.78 is 36.9. The van der Waals surface area contributed by atoms with E-state index in [1.165, 1.54) is 4.68 Å². The maximum atomic E-state index is 11.9. The van der Waals surface area contributed by atoms with Crippen LogP contribution in [0.1, 0.15) is 12.8 Å². The van der Waals surface area contributed by atoms with Crippen LogP contribution in [0.3, 0.4) is 0 Å². The Bertz CT molecular complexity index is 381. The maximum Gasteiger partial charge on any atom is 0.389 e. The van der Waals surface area contributed by atoms with Gasteiger partial charge < -0.3 is 5.11 Å². The highest BCUT2D eigenvalue weighted by atomic mass is 32.2. The molecule has 0 radical (unpaired) electrons. The zero-order valence-electron chi connectivity index (χ0n) is 8.51. The second-order valence-electron chi connectivity index (χ2n) is 3.09. The van der Waals surface area contributed by atoms with Crippen molar-refractivity contribution in [3.05, 3.63) is 0 Å². The standard InChI is InChI=1S/C7H9F3N4O2S/c8-7(9,10)2-1-3-14-6(11-12-13-14)17-4-5(15)16/h1-4H2,(H,15,16). The van der Waals surface area contributed by atoms with Crippen molar-refractivity contribution in [1.82, 2.24) is 20.2 Å². The van der Waals surface area contributed by atoms with Crippen LogP contribution >= 0.6 is 11.8 Å². The first-order valence-electron chi connectivity index (χ1n) is 4.56. The van der Waals surface area contributed by atoms with Gasteiger partial charge in [0.15, 0.2) is 0 Å². The van der Waals surface area contributed by atoms with Gasteiger partial charge in [0.1, 0.15) is 0 Å². The third kappa shape index (κ3) is 5.52. The van der Waals surface area contributed by atoms with Crippen LogP contribution in [0.4, 0.5) is 13.2 Å². The predicted molar refractivity (Wildman–Crippen MR) is 51.5 cm³/mol. The number of halogens is 3. The summed E-state index contributed by atoms with van der Waals surface area (Å²) in [5.41, 5.74) is 0. The van der Waals surface area contributed by atoms with Gasteiger partial charge in [0, 0.05) is 13.0 Å². The molecule has 0 aliphatic carbocycles. The number of thioether (sulfide) groups is 1. The Labute approximate surface area is 98.2 Å². The molecular formula is C7H9F3N4O2S. The van der Waals surface area contributed by atoms with Crippen molar-refractivity contribution < 1.29 is 23.1 Å². The lowest BCUT2D eigenvalue weighted by Gasteiger charge is -2.06. The Morgan fingerprint density at radius 2 is 2.18 bits per heavy atom. The lowest BCUT2D eigenvalue weighted by atomic mass is 10.3. The molecule has 1 N–H and O–H groups in total.